The van der Waals surface area contributed by atoms with Gasteiger partial charge in [-0.25, -0.2) is 4.68 Å². The van der Waals surface area contributed by atoms with Crippen molar-refractivity contribution >= 4 is 0 Å². The van der Waals surface area contributed by atoms with Gasteiger partial charge in [-0.15, -0.1) is 5.10 Å². The molecule has 0 aliphatic heterocycles. The van der Waals surface area contributed by atoms with E-state index in [9.17, 15) is 0 Å². The quantitative estimate of drug-likeness (QED) is 0.706. The van der Waals surface area contributed by atoms with Crippen LogP contribution in [0, 0.1) is 12.8 Å². The maximum absolute atomic E-state index is 5.71. The minimum Gasteiger partial charge on any atom is -0.462 e. The summed E-state index contributed by atoms with van der Waals surface area (Å²) in [5, 5.41) is 4.53. The Morgan fingerprint density at radius 2 is 1.70 bits per heavy atom. The maximum atomic E-state index is 5.71. The first-order valence-corrected chi connectivity index (χ1v) is 7.86. The molecule has 0 N–H and O–H groups in total. The molecule has 23 heavy (non-hydrogen) atoms. The van der Waals surface area contributed by atoms with Crippen molar-refractivity contribution in [2.45, 2.75) is 20.8 Å². The van der Waals surface area contributed by atoms with Gasteiger partial charge in [-0.1, -0.05) is 61.9 Å². The topological polar surface area (TPSA) is 39.9 Å². The van der Waals surface area contributed by atoms with Crippen molar-refractivity contribution in [2.24, 2.45) is 5.92 Å². The molecule has 0 aliphatic carbocycles. The van der Waals surface area contributed by atoms with Crippen LogP contribution in [0.5, 0.6) is 6.01 Å². The van der Waals surface area contributed by atoms with Crippen molar-refractivity contribution in [3.8, 4) is 23.1 Å². The standard InChI is InChI=1S/C19H21N3O/c1-14(2)13-23-19-20-18(16-11-9-15(3)10-12-16)22(21-19)17-7-5-4-6-8-17/h4-12,14H,13H2,1-3H3. The Morgan fingerprint density at radius 1 is 1.00 bits per heavy atom. The second-order valence-corrected chi connectivity index (χ2v) is 6.04. The fourth-order valence-corrected chi connectivity index (χ4v) is 2.23. The van der Waals surface area contributed by atoms with Crippen molar-refractivity contribution in [3.63, 3.8) is 0 Å². The average Bonchev–Trinajstić information content (AvgIpc) is 2.99. The van der Waals surface area contributed by atoms with Crippen LogP contribution in [-0.2, 0) is 0 Å². The first-order chi connectivity index (χ1) is 11.1. The molecule has 0 amide bonds. The van der Waals surface area contributed by atoms with Gasteiger partial charge in [-0.3, -0.25) is 0 Å². The molecule has 0 saturated heterocycles. The predicted octanol–water partition coefficient (Wildman–Crippen LogP) is 4.28. The number of hydrogen-bond acceptors (Lipinski definition) is 3. The summed E-state index contributed by atoms with van der Waals surface area (Å²) in [6.45, 7) is 6.89. The molecule has 4 nitrogen and oxygen atoms in total. The lowest BCUT2D eigenvalue weighted by atomic mass is 10.1. The lowest BCUT2D eigenvalue weighted by Gasteiger charge is -2.05. The molecular formula is C19H21N3O. The average molecular weight is 307 g/mol. The molecule has 118 valence electrons. The van der Waals surface area contributed by atoms with Crippen molar-refractivity contribution in [1.82, 2.24) is 14.8 Å². The SMILES string of the molecule is Cc1ccc(-c2nc(OCC(C)C)nn2-c2ccccc2)cc1. The Morgan fingerprint density at radius 3 is 2.35 bits per heavy atom. The summed E-state index contributed by atoms with van der Waals surface area (Å²) in [6.07, 6.45) is 0. The first-order valence-electron chi connectivity index (χ1n) is 7.86. The molecule has 1 heterocycles. The van der Waals surface area contributed by atoms with Crippen molar-refractivity contribution in [1.29, 1.82) is 0 Å². The van der Waals surface area contributed by atoms with Gasteiger partial charge in [0.1, 0.15) is 0 Å². The number of aryl methyl sites for hydroxylation is 1. The third-order valence-electron chi connectivity index (χ3n) is 3.44. The summed E-state index contributed by atoms with van der Waals surface area (Å²) in [5.74, 6) is 1.22. The fourth-order valence-electron chi connectivity index (χ4n) is 2.23. The lowest BCUT2D eigenvalue weighted by Crippen LogP contribution is -2.06. The van der Waals surface area contributed by atoms with Gasteiger partial charge in [-0.2, -0.15) is 4.98 Å². The van der Waals surface area contributed by atoms with E-state index in [1.807, 2.05) is 35.0 Å². The molecule has 0 radical (unpaired) electrons. The lowest BCUT2D eigenvalue weighted by molar-refractivity contribution is 0.251. The van der Waals surface area contributed by atoms with Crippen LogP contribution in [0.1, 0.15) is 19.4 Å². The Bertz CT molecular complexity index is 761. The van der Waals surface area contributed by atoms with Crippen molar-refractivity contribution < 1.29 is 4.74 Å². The summed E-state index contributed by atoms with van der Waals surface area (Å²) < 4.78 is 7.55. The van der Waals surface area contributed by atoms with E-state index in [1.54, 1.807) is 0 Å². The molecule has 0 bridgehead atoms. The summed E-state index contributed by atoms with van der Waals surface area (Å²) in [5.41, 5.74) is 3.21. The summed E-state index contributed by atoms with van der Waals surface area (Å²) in [7, 11) is 0. The first kappa shape index (κ1) is 15.3. The van der Waals surface area contributed by atoms with Gasteiger partial charge >= 0.3 is 6.01 Å². The van der Waals surface area contributed by atoms with Crippen LogP contribution in [0.2, 0.25) is 0 Å². The van der Waals surface area contributed by atoms with Gasteiger partial charge in [0.2, 0.25) is 0 Å². The van der Waals surface area contributed by atoms with Gasteiger partial charge in [0, 0.05) is 5.56 Å². The van der Waals surface area contributed by atoms with Crippen LogP contribution < -0.4 is 4.74 Å². The Kier molecular flexibility index (Phi) is 4.42. The largest absolute Gasteiger partial charge is 0.462 e. The highest BCUT2D eigenvalue weighted by Gasteiger charge is 2.14. The molecule has 2 aromatic carbocycles. The highest BCUT2D eigenvalue weighted by Crippen LogP contribution is 2.24. The van der Waals surface area contributed by atoms with Crippen molar-refractivity contribution in [2.75, 3.05) is 6.61 Å². The molecule has 3 aromatic rings. The van der Waals surface area contributed by atoms with Gasteiger partial charge in [0.15, 0.2) is 5.82 Å². The zero-order valence-electron chi connectivity index (χ0n) is 13.7. The molecular weight excluding hydrogens is 286 g/mol. The van der Waals surface area contributed by atoms with Crippen LogP contribution in [-0.4, -0.2) is 21.4 Å². The monoisotopic (exact) mass is 307 g/mol. The number of rotatable bonds is 5. The third-order valence-corrected chi connectivity index (χ3v) is 3.44. The molecule has 0 spiro atoms. The van der Waals surface area contributed by atoms with E-state index in [0.717, 1.165) is 17.1 Å². The smallest absolute Gasteiger partial charge is 0.336 e. The Balaban J connectivity index is 2.03. The normalized spacial score (nSPS) is 11.0. The van der Waals surface area contributed by atoms with E-state index in [-0.39, 0.29) is 0 Å². The Labute approximate surface area is 136 Å². The second-order valence-electron chi connectivity index (χ2n) is 6.04. The van der Waals surface area contributed by atoms with Gasteiger partial charge in [0.25, 0.3) is 0 Å². The Hall–Kier alpha value is -2.62. The zero-order valence-corrected chi connectivity index (χ0v) is 13.7. The van der Waals surface area contributed by atoms with Crippen LogP contribution in [0.15, 0.2) is 54.6 Å². The highest BCUT2D eigenvalue weighted by molar-refractivity contribution is 5.58. The molecule has 3 rings (SSSR count). The minimum absolute atomic E-state index is 0.415. The molecule has 0 atom stereocenters. The van der Waals surface area contributed by atoms with Crippen molar-refractivity contribution in [3.05, 3.63) is 60.2 Å². The van der Waals surface area contributed by atoms with E-state index in [4.69, 9.17) is 4.74 Å². The number of benzene rings is 2. The van der Waals surface area contributed by atoms with Crippen LogP contribution >= 0.6 is 0 Å². The molecule has 4 heteroatoms. The zero-order chi connectivity index (χ0) is 16.2. The number of hydrogen-bond donors (Lipinski definition) is 0. The summed E-state index contributed by atoms with van der Waals surface area (Å²) >= 11 is 0. The molecule has 1 aromatic heterocycles. The minimum atomic E-state index is 0.415. The van der Waals surface area contributed by atoms with E-state index < -0.39 is 0 Å². The molecule has 0 unspecified atom stereocenters. The van der Waals surface area contributed by atoms with Crippen LogP contribution in [0.4, 0.5) is 0 Å². The van der Waals surface area contributed by atoms with E-state index in [0.29, 0.717) is 18.5 Å². The maximum Gasteiger partial charge on any atom is 0.336 e. The van der Waals surface area contributed by atoms with E-state index in [1.165, 1.54) is 5.56 Å². The van der Waals surface area contributed by atoms with E-state index in [2.05, 4.69) is 55.1 Å². The van der Waals surface area contributed by atoms with Crippen LogP contribution in [0.25, 0.3) is 17.1 Å². The number of para-hydroxylation sites is 1. The predicted molar refractivity (Wildman–Crippen MR) is 91.9 cm³/mol. The highest BCUT2D eigenvalue weighted by atomic mass is 16.5. The summed E-state index contributed by atoms with van der Waals surface area (Å²) in [6, 6.07) is 18.7. The third kappa shape index (κ3) is 3.59. The van der Waals surface area contributed by atoms with Gasteiger partial charge < -0.3 is 4.74 Å². The molecule has 0 aliphatic rings. The molecule has 0 fully saturated rings. The number of ether oxygens (including phenoxy) is 1. The summed E-state index contributed by atoms with van der Waals surface area (Å²) in [4.78, 5) is 4.59. The van der Waals surface area contributed by atoms with Gasteiger partial charge in [-0.05, 0) is 25.0 Å². The van der Waals surface area contributed by atoms with E-state index >= 15 is 0 Å². The second kappa shape index (κ2) is 6.65. The van der Waals surface area contributed by atoms with Crippen LogP contribution in [0.3, 0.4) is 0 Å². The number of nitrogens with zero attached hydrogens (tertiary/aromatic N) is 3. The molecule has 0 saturated carbocycles. The van der Waals surface area contributed by atoms with Gasteiger partial charge in [0.05, 0.1) is 12.3 Å². The fraction of sp³-hybridized carbons (Fsp3) is 0.263. The number of aromatic nitrogens is 3.